The minimum Gasteiger partial charge on any atom is -0.493 e. The molecule has 2 amide bonds. The van der Waals surface area contributed by atoms with E-state index in [2.05, 4.69) is 24.5 Å². The predicted molar refractivity (Wildman–Crippen MR) is 153 cm³/mol. The summed E-state index contributed by atoms with van der Waals surface area (Å²) in [5, 5.41) is 16.6. The van der Waals surface area contributed by atoms with Crippen LogP contribution < -0.4 is 21.1 Å². The van der Waals surface area contributed by atoms with Crippen LogP contribution in [-0.4, -0.2) is 75.7 Å². The van der Waals surface area contributed by atoms with Crippen molar-refractivity contribution in [2.45, 2.75) is 83.5 Å². The van der Waals surface area contributed by atoms with Gasteiger partial charge in [-0.2, -0.15) is 0 Å². The first-order chi connectivity index (χ1) is 18.8. The van der Waals surface area contributed by atoms with Gasteiger partial charge in [0.2, 0.25) is 5.91 Å². The monoisotopic (exact) mass is 549 g/mol. The summed E-state index contributed by atoms with van der Waals surface area (Å²) in [5.41, 5.74) is 6.84. The van der Waals surface area contributed by atoms with Crippen molar-refractivity contribution < 1.29 is 28.9 Å². The van der Waals surface area contributed by atoms with Crippen molar-refractivity contribution >= 4 is 11.8 Å². The number of nitrogens with one attached hydrogen (secondary N) is 2. The van der Waals surface area contributed by atoms with Crippen LogP contribution in [0.5, 0.6) is 5.75 Å². The topological polar surface area (TPSA) is 132 Å². The molecule has 0 spiro atoms. The Morgan fingerprint density at radius 3 is 2.38 bits per heavy atom. The van der Waals surface area contributed by atoms with Crippen LogP contribution in [0, 0.1) is 17.8 Å². The lowest BCUT2D eigenvalue weighted by Gasteiger charge is -2.30. The standard InChI is InChI=1S/C30H51N3O6/c1-21(2)23(19-32-29(35)24-14-8-9-15-27(24)39-17-11-10-16-37-3)18-25(31)26(34)20-33-30(36)28(38-4)22-12-6-5-7-13-22/h8-9,14-15,21-23,25-26,28,34H,5-7,10-13,16-20,31H2,1-4H3,(H,32,35)(H,33,36)/t23-,25+,26+,28-/m1/s1. The number of unbranched alkanes of at least 4 members (excludes halogenated alkanes) is 1. The van der Waals surface area contributed by atoms with Gasteiger partial charge in [0.05, 0.1) is 18.3 Å². The first-order valence-corrected chi connectivity index (χ1v) is 14.5. The molecule has 0 unspecified atom stereocenters. The Kier molecular flexibility index (Phi) is 15.4. The minimum absolute atomic E-state index is 0.0467. The van der Waals surface area contributed by atoms with E-state index >= 15 is 0 Å². The summed E-state index contributed by atoms with van der Waals surface area (Å²) in [6.45, 7) is 5.82. The third-order valence-electron chi connectivity index (χ3n) is 7.74. The molecular weight excluding hydrogens is 498 g/mol. The molecule has 5 N–H and O–H groups in total. The fourth-order valence-corrected chi connectivity index (χ4v) is 5.14. The molecule has 0 aromatic heterocycles. The van der Waals surface area contributed by atoms with Gasteiger partial charge in [-0.05, 0) is 62.0 Å². The van der Waals surface area contributed by atoms with Crippen LogP contribution in [0.25, 0.3) is 0 Å². The van der Waals surface area contributed by atoms with E-state index in [0.717, 1.165) is 38.5 Å². The van der Waals surface area contributed by atoms with Gasteiger partial charge in [0.15, 0.2) is 0 Å². The Bertz CT molecular complexity index is 846. The summed E-state index contributed by atoms with van der Waals surface area (Å²) in [6, 6.07) is 6.67. The maximum Gasteiger partial charge on any atom is 0.255 e. The fourth-order valence-electron chi connectivity index (χ4n) is 5.14. The molecule has 0 radical (unpaired) electrons. The van der Waals surface area contributed by atoms with Gasteiger partial charge in [-0.1, -0.05) is 45.2 Å². The number of ether oxygens (including phenoxy) is 3. The van der Waals surface area contributed by atoms with Crippen LogP contribution in [0.3, 0.4) is 0 Å². The zero-order valence-electron chi connectivity index (χ0n) is 24.3. The Hall–Kier alpha value is -2.20. The van der Waals surface area contributed by atoms with Gasteiger partial charge in [0, 0.05) is 40.0 Å². The highest BCUT2D eigenvalue weighted by Crippen LogP contribution is 2.28. The molecule has 1 saturated carbocycles. The Morgan fingerprint density at radius 1 is 1.03 bits per heavy atom. The van der Waals surface area contributed by atoms with Crippen LogP contribution in [0.1, 0.15) is 75.6 Å². The number of methoxy groups -OCH3 is 2. The van der Waals surface area contributed by atoms with Gasteiger partial charge >= 0.3 is 0 Å². The van der Waals surface area contributed by atoms with E-state index in [9.17, 15) is 14.7 Å². The summed E-state index contributed by atoms with van der Waals surface area (Å²) in [6.07, 6.45) is 6.25. The quantitative estimate of drug-likeness (QED) is 0.207. The molecule has 1 aliphatic rings. The Balaban J connectivity index is 1.84. The molecular formula is C30H51N3O6. The van der Waals surface area contributed by atoms with E-state index < -0.39 is 18.2 Å². The van der Waals surface area contributed by atoms with Gasteiger partial charge in [0.1, 0.15) is 11.9 Å². The van der Waals surface area contributed by atoms with Crippen molar-refractivity contribution in [2.75, 3.05) is 40.5 Å². The number of para-hydroxylation sites is 1. The van der Waals surface area contributed by atoms with Gasteiger partial charge in [-0.15, -0.1) is 0 Å². The molecule has 1 aromatic carbocycles. The Labute approximate surface area is 234 Å². The highest BCUT2D eigenvalue weighted by molar-refractivity contribution is 5.96. The zero-order valence-corrected chi connectivity index (χ0v) is 24.3. The second-order valence-electron chi connectivity index (χ2n) is 11.0. The first kappa shape index (κ1) is 33.0. The number of hydrogen-bond acceptors (Lipinski definition) is 7. The van der Waals surface area contributed by atoms with Gasteiger partial charge in [0.25, 0.3) is 5.91 Å². The van der Waals surface area contributed by atoms with E-state index in [1.807, 2.05) is 12.1 Å². The average molecular weight is 550 g/mol. The lowest BCUT2D eigenvalue weighted by atomic mass is 9.84. The molecule has 9 nitrogen and oxygen atoms in total. The van der Waals surface area contributed by atoms with Gasteiger partial charge in [-0.25, -0.2) is 0 Å². The van der Waals surface area contributed by atoms with Crippen LogP contribution in [0.4, 0.5) is 0 Å². The lowest BCUT2D eigenvalue weighted by molar-refractivity contribution is -0.135. The average Bonchev–Trinajstić information content (AvgIpc) is 2.94. The third-order valence-corrected chi connectivity index (χ3v) is 7.74. The van der Waals surface area contributed by atoms with E-state index in [1.54, 1.807) is 26.4 Å². The SMILES string of the molecule is COCCCCOc1ccccc1C(=O)NC[C@@H](C[C@H](N)[C@@H](O)CNC(=O)[C@H](OC)C1CCCCC1)C(C)C. The van der Waals surface area contributed by atoms with E-state index in [4.69, 9.17) is 19.9 Å². The smallest absolute Gasteiger partial charge is 0.255 e. The molecule has 0 bridgehead atoms. The number of carbonyl (C=O) groups is 2. The number of amides is 2. The second-order valence-corrected chi connectivity index (χ2v) is 11.0. The van der Waals surface area contributed by atoms with Crippen molar-refractivity contribution in [3.63, 3.8) is 0 Å². The highest BCUT2D eigenvalue weighted by Gasteiger charge is 2.30. The number of aliphatic hydroxyl groups is 1. The number of aliphatic hydroxyl groups excluding tert-OH is 1. The molecule has 1 aliphatic carbocycles. The Morgan fingerprint density at radius 2 is 1.72 bits per heavy atom. The van der Waals surface area contributed by atoms with Gasteiger partial charge in [-0.3, -0.25) is 9.59 Å². The number of rotatable bonds is 18. The molecule has 0 aliphatic heterocycles. The molecule has 4 atom stereocenters. The molecule has 0 saturated heterocycles. The number of hydrogen-bond donors (Lipinski definition) is 4. The maximum atomic E-state index is 13.0. The molecule has 0 heterocycles. The predicted octanol–water partition coefficient (Wildman–Crippen LogP) is 3.28. The molecule has 1 aromatic rings. The first-order valence-electron chi connectivity index (χ1n) is 14.5. The van der Waals surface area contributed by atoms with Crippen molar-refractivity contribution in [1.82, 2.24) is 10.6 Å². The fraction of sp³-hybridized carbons (Fsp3) is 0.733. The minimum atomic E-state index is -0.901. The van der Waals surface area contributed by atoms with Crippen LogP contribution in [-0.2, 0) is 14.3 Å². The molecule has 39 heavy (non-hydrogen) atoms. The van der Waals surface area contributed by atoms with Crippen LogP contribution in [0.2, 0.25) is 0 Å². The molecule has 2 rings (SSSR count). The summed E-state index contributed by atoms with van der Waals surface area (Å²) in [4.78, 5) is 25.7. The van der Waals surface area contributed by atoms with Crippen molar-refractivity contribution in [1.29, 1.82) is 0 Å². The van der Waals surface area contributed by atoms with Crippen LogP contribution in [0.15, 0.2) is 24.3 Å². The summed E-state index contributed by atoms with van der Waals surface area (Å²) in [7, 11) is 3.24. The molecule has 1 fully saturated rings. The number of nitrogens with two attached hydrogens (primary N) is 1. The van der Waals surface area contributed by atoms with Crippen molar-refractivity contribution in [2.24, 2.45) is 23.5 Å². The van der Waals surface area contributed by atoms with E-state index in [-0.39, 0.29) is 36.1 Å². The van der Waals surface area contributed by atoms with Crippen LogP contribution >= 0.6 is 0 Å². The largest absolute Gasteiger partial charge is 0.493 e. The highest BCUT2D eigenvalue weighted by atomic mass is 16.5. The summed E-state index contributed by atoms with van der Waals surface area (Å²) < 4.78 is 16.4. The van der Waals surface area contributed by atoms with Crippen molar-refractivity contribution in [3.05, 3.63) is 29.8 Å². The normalized spacial score (nSPS) is 17.3. The van der Waals surface area contributed by atoms with Gasteiger partial charge < -0.3 is 35.7 Å². The lowest BCUT2D eigenvalue weighted by Crippen LogP contribution is -2.49. The van der Waals surface area contributed by atoms with Crippen molar-refractivity contribution in [3.8, 4) is 5.75 Å². The number of benzene rings is 1. The summed E-state index contributed by atoms with van der Waals surface area (Å²) in [5.74, 6) is 0.652. The zero-order chi connectivity index (χ0) is 28.6. The molecule has 222 valence electrons. The maximum absolute atomic E-state index is 13.0. The van der Waals surface area contributed by atoms with E-state index in [1.165, 1.54) is 6.42 Å². The second kappa shape index (κ2) is 18.2. The number of carbonyl (C=O) groups excluding carboxylic acids is 2. The third kappa shape index (κ3) is 11.4. The summed E-state index contributed by atoms with van der Waals surface area (Å²) >= 11 is 0. The van der Waals surface area contributed by atoms with E-state index in [0.29, 0.717) is 37.5 Å². The molecule has 9 heteroatoms.